The average molecular weight is 343 g/mol. The highest BCUT2D eigenvalue weighted by Gasteiger charge is 2.25. The Morgan fingerprint density at radius 3 is 2.53 bits per heavy atom. The summed E-state index contributed by atoms with van der Waals surface area (Å²) in [5, 5.41) is 4.77. The summed E-state index contributed by atoms with van der Waals surface area (Å²) in [6.07, 6.45) is 2.01. The monoisotopic (exact) mass is 342 g/mol. The van der Waals surface area contributed by atoms with Gasteiger partial charge in [-0.3, -0.25) is 10.1 Å². The molecule has 0 spiro atoms. The van der Waals surface area contributed by atoms with E-state index in [0.717, 1.165) is 22.2 Å². The summed E-state index contributed by atoms with van der Waals surface area (Å²) in [6, 6.07) is 7.57. The number of hydrogen-bond acceptors (Lipinski definition) is 3. The van der Waals surface area contributed by atoms with E-state index < -0.39 is 6.03 Å². The average Bonchev–Trinajstić information content (AvgIpc) is 3.15. The van der Waals surface area contributed by atoms with E-state index in [-0.39, 0.29) is 17.2 Å². The molecule has 19 heavy (non-hydrogen) atoms. The van der Waals surface area contributed by atoms with Gasteiger partial charge in [-0.05, 0) is 44.0 Å². The Balaban J connectivity index is 1.80. The number of urea groups is 1. The molecule has 2 rings (SSSR count). The molecular formula is C13H15BrN2O2S. The van der Waals surface area contributed by atoms with Crippen LogP contribution in [0.5, 0.6) is 0 Å². The van der Waals surface area contributed by atoms with Gasteiger partial charge in [-0.1, -0.05) is 15.9 Å². The third kappa shape index (κ3) is 4.87. The molecule has 1 atom stereocenters. The maximum absolute atomic E-state index is 11.8. The molecule has 2 N–H and O–H groups in total. The van der Waals surface area contributed by atoms with Crippen LogP contribution in [0.15, 0.2) is 33.6 Å². The molecule has 1 aromatic carbocycles. The Hall–Kier alpha value is -1.01. The molecule has 0 saturated heterocycles. The van der Waals surface area contributed by atoms with Crippen molar-refractivity contribution in [1.82, 2.24) is 10.6 Å². The predicted octanol–water partition coefficient (Wildman–Crippen LogP) is 2.92. The van der Waals surface area contributed by atoms with Crippen LogP contribution in [-0.2, 0) is 4.79 Å². The number of amides is 3. The van der Waals surface area contributed by atoms with Crippen LogP contribution in [0, 0.1) is 0 Å². The second-order valence-electron chi connectivity index (χ2n) is 4.45. The van der Waals surface area contributed by atoms with Gasteiger partial charge in [0, 0.05) is 15.4 Å². The van der Waals surface area contributed by atoms with Crippen molar-refractivity contribution in [1.29, 1.82) is 0 Å². The lowest BCUT2D eigenvalue weighted by Gasteiger charge is -2.11. The SMILES string of the molecule is CC(Sc1ccc(Br)cc1)C(=O)NC(=O)NC1CC1. The fraction of sp³-hybridized carbons (Fsp3) is 0.385. The van der Waals surface area contributed by atoms with E-state index in [9.17, 15) is 9.59 Å². The molecule has 0 aliphatic heterocycles. The Labute approximate surface area is 124 Å². The van der Waals surface area contributed by atoms with Crippen molar-refractivity contribution in [2.75, 3.05) is 0 Å². The van der Waals surface area contributed by atoms with Crippen LogP contribution in [0.1, 0.15) is 19.8 Å². The summed E-state index contributed by atoms with van der Waals surface area (Å²) in [4.78, 5) is 24.3. The molecule has 1 aliphatic carbocycles. The number of nitrogens with one attached hydrogen (secondary N) is 2. The number of rotatable bonds is 4. The zero-order valence-electron chi connectivity index (χ0n) is 10.5. The minimum Gasteiger partial charge on any atom is -0.335 e. The highest BCUT2D eigenvalue weighted by atomic mass is 79.9. The molecule has 1 aromatic rings. The van der Waals surface area contributed by atoms with E-state index >= 15 is 0 Å². The fourth-order valence-electron chi connectivity index (χ4n) is 1.43. The highest BCUT2D eigenvalue weighted by molar-refractivity contribution is 9.10. The van der Waals surface area contributed by atoms with Crippen LogP contribution >= 0.6 is 27.7 Å². The smallest absolute Gasteiger partial charge is 0.321 e. The minimum atomic E-state index is -0.393. The zero-order chi connectivity index (χ0) is 13.8. The zero-order valence-corrected chi connectivity index (χ0v) is 12.9. The molecule has 102 valence electrons. The molecule has 3 amide bonds. The molecule has 0 bridgehead atoms. The summed E-state index contributed by atoms with van der Waals surface area (Å²) >= 11 is 4.78. The van der Waals surface area contributed by atoms with Gasteiger partial charge in [0.1, 0.15) is 0 Å². The number of thioether (sulfide) groups is 1. The second-order valence-corrected chi connectivity index (χ2v) is 6.78. The Kier molecular flexibility index (Phi) is 4.87. The molecule has 6 heteroatoms. The number of hydrogen-bond donors (Lipinski definition) is 2. The van der Waals surface area contributed by atoms with Crippen LogP contribution in [0.4, 0.5) is 4.79 Å². The van der Waals surface area contributed by atoms with Crippen LogP contribution in [0.25, 0.3) is 0 Å². The van der Waals surface area contributed by atoms with Gasteiger partial charge in [-0.2, -0.15) is 0 Å². The first-order valence-corrected chi connectivity index (χ1v) is 7.75. The first-order chi connectivity index (χ1) is 9.04. The van der Waals surface area contributed by atoms with E-state index in [4.69, 9.17) is 0 Å². The summed E-state index contributed by atoms with van der Waals surface area (Å²) in [5.41, 5.74) is 0. The van der Waals surface area contributed by atoms with Gasteiger partial charge < -0.3 is 5.32 Å². The Bertz CT molecular complexity index is 474. The Morgan fingerprint density at radius 1 is 1.32 bits per heavy atom. The van der Waals surface area contributed by atoms with E-state index in [1.54, 1.807) is 6.92 Å². The van der Waals surface area contributed by atoms with Crippen molar-refractivity contribution >= 4 is 39.6 Å². The van der Waals surface area contributed by atoms with E-state index in [2.05, 4.69) is 26.6 Å². The second kappa shape index (κ2) is 6.43. The summed E-state index contributed by atoms with van der Waals surface area (Å²) < 4.78 is 0.998. The number of halogens is 1. The van der Waals surface area contributed by atoms with Gasteiger partial charge in [-0.25, -0.2) is 4.79 Å². The molecule has 1 unspecified atom stereocenters. The maximum Gasteiger partial charge on any atom is 0.321 e. The molecule has 1 aliphatic rings. The van der Waals surface area contributed by atoms with Crippen LogP contribution in [0.3, 0.4) is 0 Å². The highest BCUT2D eigenvalue weighted by Crippen LogP contribution is 2.25. The van der Waals surface area contributed by atoms with Gasteiger partial charge in [-0.15, -0.1) is 11.8 Å². The summed E-state index contributed by atoms with van der Waals surface area (Å²) in [6.45, 7) is 1.78. The van der Waals surface area contributed by atoms with Crippen molar-refractivity contribution in [3.05, 3.63) is 28.7 Å². The predicted molar refractivity (Wildman–Crippen MR) is 79.2 cm³/mol. The quantitative estimate of drug-likeness (QED) is 0.827. The minimum absolute atomic E-state index is 0.252. The number of carbonyl (C=O) groups excluding carboxylic acids is 2. The topological polar surface area (TPSA) is 58.2 Å². The van der Waals surface area contributed by atoms with Crippen molar-refractivity contribution in [3.8, 4) is 0 Å². The molecule has 4 nitrogen and oxygen atoms in total. The standard InChI is InChI=1S/C13H15BrN2O2S/c1-8(19-11-6-2-9(14)3-7-11)12(17)16-13(18)15-10-4-5-10/h2-3,6-8,10H,4-5H2,1H3,(H2,15,16,17,18). The fourth-order valence-corrected chi connectivity index (χ4v) is 2.57. The number of benzene rings is 1. The lowest BCUT2D eigenvalue weighted by Crippen LogP contribution is -2.43. The van der Waals surface area contributed by atoms with E-state index in [1.165, 1.54) is 11.8 Å². The lowest BCUT2D eigenvalue weighted by molar-refractivity contribution is -0.119. The molecule has 1 saturated carbocycles. The first kappa shape index (κ1) is 14.4. The summed E-state index contributed by atoms with van der Waals surface area (Å²) in [7, 11) is 0. The third-order valence-corrected chi connectivity index (χ3v) is 4.29. The molecule has 0 aromatic heterocycles. The van der Waals surface area contributed by atoms with Crippen molar-refractivity contribution < 1.29 is 9.59 Å². The van der Waals surface area contributed by atoms with Crippen LogP contribution in [0.2, 0.25) is 0 Å². The lowest BCUT2D eigenvalue weighted by atomic mass is 10.4. The van der Waals surface area contributed by atoms with Gasteiger partial charge in [0.05, 0.1) is 5.25 Å². The molecule has 0 radical (unpaired) electrons. The number of carbonyl (C=O) groups is 2. The van der Waals surface area contributed by atoms with E-state index in [1.807, 2.05) is 24.3 Å². The van der Waals surface area contributed by atoms with Crippen molar-refractivity contribution in [3.63, 3.8) is 0 Å². The molecule has 0 heterocycles. The maximum atomic E-state index is 11.8. The van der Waals surface area contributed by atoms with Crippen LogP contribution < -0.4 is 10.6 Å². The summed E-state index contributed by atoms with van der Waals surface area (Å²) in [5.74, 6) is -0.272. The van der Waals surface area contributed by atoms with Gasteiger partial charge in [0.15, 0.2) is 0 Å². The number of imide groups is 1. The van der Waals surface area contributed by atoms with Crippen molar-refractivity contribution in [2.24, 2.45) is 0 Å². The normalized spacial score (nSPS) is 15.7. The van der Waals surface area contributed by atoms with Crippen molar-refractivity contribution in [2.45, 2.75) is 36.0 Å². The largest absolute Gasteiger partial charge is 0.335 e. The van der Waals surface area contributed by atoms with Gasteiger partial charge in [0.2, 0.25) is 5.91 Å². The molecular weight excluding hydrogens is 328 g/mol. The third-order valence-electron chi connectivity index (χ3n) is 2.65. The van der Waals surface area contributed by atoms with Gasteiger partial charge >= 0.3 is 6.03 Å². The van der Waals surface area contributed by atoms with Gasteiger partial charge in [0.25, 0.3) is 0 Å². The Morgan fingerprint density at radius 2 is 1.95 bits per heavy atom. The van der Waals surface area contributed by atoms with Crippen LogP contribution in [-0.4, -0.2) is 23.2 Å². The molecule has 1 fully saturated rings. The van der Waals surface area contributed by atoms with E-state index in [0.29, 0.717) is 0 Å². The first-order valence-electron chi connectivity index (χ1n) is 6.08.